The molecule has 0 saturated carbocycles. The molecule has 7 nitrogen and oxygen atoms in total. The summed E-state index contributed by atoms with van der Waals surface area (Å²) in [5, 5.41) is 6.52. The largest absolute Gasteiger partial charge is 0.351 e. The zero-order valence-electron chi connectivity index (χ0n) is 14.9. The van der Waals surface area contributed by atoms with Crippen LogP contribution in [0.5, 0.6) is 0 Å². The van der Waals surface area contributed by atoms with Crippen molar-refractivity contribution in [3.05, 3.63) is 65.6 Å². The minimum atomic E-state index is -0.239. The molecule has 3 aromatic rings. The summed E-state index contributed by atoms with van der Waals surface area (Å²) in [6.07, 6.45) is 3.95. The maximum atomic E-state index is 12.2. The second kappa shape index (κ2) is 10.6. The number of carbonyl (C=O) groups is 1. The Kier molecular flexibility index (Phi) is 8.13. The first-order valence-electron chi connectivity index (χ1n) is 8.46. The molecular formula is C19H20Cl2N6O. The molecule has 146 valence electrons. The van der Waals surface area contributed by atoms with E-state index in [1.807, 2.05) is 12.1 Å². The summed E-state index contributed by atoms with van der Waals surface area (Å²) in [5.74, 6) is 0.192. The van der Waals surface area contributed by atoms with E-state index in [9.17, 15) is 4.79 Å². The van der Waals surface area contributed by atoms with Crippen molar-refractivity contribution in [1.29, 1.82) is 0 Å². The lowest BCUT2D eigenvalue weighted by atomic mass is 10.1. The lowest BCUT2D eigenvalue weighted by molar-refractivity contribution is 0.0948. The van der Waals surface area contributed by atoms with Gasteiger partial charge in [0.1, 0.15) is 5.69 Å². The molecule has 3 rings (SSSR count). The molecule has 2 aromatic heterocycles. The summed E-state index contributed by atoms with van der Waals surface area (Å²) in [5.41, 5.74) is 7.99. The fourth-order valence-electron chi connectivity index (χ4n) is 2.38. The summed E-state index contributed by atoms with van der Waals surface area (Å²) >= 11 is 6.00. The Bertz CT molecular complexity index is 938. The Hall–Kier alpha value is -2.74. The van der Waals surface area contributed by atoms with E-state index < -0.39 is 0 Å². The van der Waals surface area contributed by atoms with Crippen LogP contribution < -0.4 is 16.4 Å². The third-order valence-corrected chi connectivity index (χ3v) is 3.93. The van der Waals surface area contributed by atoms with Crippen LogP contribution in [-0.2, 0) is 0 Å². The Morgan fingerprint density at radius 3 is 2.71 bits per heavy atom. The number of pyridine rings is 1. The number of nitrogens with two attached hydrogens (primary N) is 1. The second-order valence-corrected chi connectivity index (χ2v) is 6.17. The molecule has 0 unspecified atom stereocenters. The zero-order chi connectivity index (χ0) is 19.1. The molecule has 1 amide bonds. The monoisotopic (exact) mass is 418 g/mol. The fourth-order valence-corrected chi connectivity index (χ4v) is 2.57. The van der Waals surface area contributed by atoms with Gasteiger partial charge in [-0.1, -0.05) is 17.7 Å². The van der Waals surface area contributed by atoms with Crippen molar-refractivity contribution in [2.45, 2.75) is 6.42 Å². The standard InChI is InChI=1S/C19H19ClN6O.ClH/c20-14-3-1-4-15(12-14)25-19-24-10-6-16(26-19)13-5-9-22-17(11-13)18(27)23-8-2-7-21;/h1,3-6,9-12H,2,7-8,21H2,(H,23,27)(H,24,25,26);1H. The Morgan fingerprint density at radius 1 is 1.11 bits per heavy atom. The molecule has 1 aromatic carbocycles. The van der Waals surface area contributed by atoms with Crippen molar-refractivity contribution < 1.29 is 4.79 Å². The summed E-state index contributed by atoms with van der Waals surface area (Å²) in [7, 11) is 0. The SMILES string of the molecule is Cl.NCCCNC(=O)c1cc(-c2ccnc(Nc3cccc(Cl)c3)n2)ccn1. The van der Waals surface area contributed by atoms with Gasteiger partial charge in [-0.2, -0.15) is 0 Å². The maximum absolute atomic E-state index is 12.2. The molecule has 0 fully saturated rings. The number of carbonyl (C=O) groups excluding carboxylic acids is 1. The van der Waals surface area contributed by atoms with Gasteiger partial charge in [0.05, 0.1) is 5.69 Å². The van der Waals surface area contributed by atoms with Crippen molar-refractivity contribution >= 4 is 41.6 Å². The van der Waals surface area contributed by atoms with Crippen LogP contribution in [0.15, 0.2) is 54.9 Å². The first-order valence-corrected chi connectivity index (χ1v) is 8.84. The van der Waals surface area contributed by atoms with Gasteiger partial charge in [-0.05, 0) is 49.4 Å². The summed E-state index contributed by atoms with van der Waals surface area (Å²) in [4.78, 5) is 25.0. The van der Waals surface area contributed by atoms with E-state index in [1.165, 1.54) is 0 Å². The van der Waals surface area contributed by atoms with Gasteiger partial charge in [-0.3, -0.25) is 9.78 Å². The molecular weight excluding hydrogens is 399 g/mol. The minimum absolute atomic E-state index is 0. The molecule has 28 heavy (non-hydrogen) atoms. The van der Waals surface area contributed by atoms with Gasteiger partial charge in [0.15, 0.2) is 0 Å². The van der Waals surface area contributed by atoms with E-state index in [1.54, 1.807) is 42.7 Å². The predicted molar refractivity (Wildman–Crippen MR) is 113 cm³/mol. The number of benzene rings is 1. The number of nitrogens with one attached hydrogen (secondary N) is 2. The van der Waals surface area contributed by atoms with Crippen LogP contribution in [0.2, 0.25) is 5.02 Å². The van der Waals surface area contributed by atoms with Crippen molar-refractivity contribution in [1.82, 2.24) is 20.3 Å². The van der Waals surface area contributed by atoms with E-state index in [2.05, 4.69) is 25.6 Å². The van der Waals surface area contributed by atoms with E-state index in [4.69, 9.17) is 17.3 Å². The van der Waals surface area contributed by atoms with Crippen LogP contribution in [0, 0.1) is 0 Å². The minimum Gasteiger partial charge on any atom is -0.351 e. The van der Waals surface area contributed by atoms with Crippen molar-refractivity contribution in [2.75, 3.05) is 18.4 Å². The molecule has 4 N–H and O–H groups in total. The molecule has 0 saturated heterocycles. The predicted octanol–water partition coefficient (Wildman–Crippen LogP) is 3.44. The third-order valence-electron chi connectivity index (χ3n) is 3.69. The lowest BCUT2D eigenvalue weighted by Crippen LogP contribution is -2.26. The van der Waals surface area contributed by atoms with Crippen LogP contribution in [0.25, 0.3) is 11.3 Å². The summed E-state index contributed by atoms with van der Waals surface area (Å²) in [6.45, 7) is 1.04. The number of halogens is 2. The van der Waals surface area contributed by atoms with Gasteiger partial charge in [-0.15, -0.1) is 12.4 Å². The number of amides is 1. The number of aromatic nitrogens is 3. The molecule has 0 aliphatic carbocycles. The smallest absolute Gasteiger partial charge is 0.269 e. The van der Waals surface area contributed by atoms with Crippen LogP contribution in [0.3, 0.4) is 0 Å². The van der Waals surface area contributed by atoms with Crippen molar-refractivity contribution in [2.24, 2.45) is 5.73 Å². The molecule has 0 aliphatic rings. The van der Waals surface area contributed by atoms with Gasteiger partial charge in [0.25, 0.3) is 5.91 Å². The number of anilines is 2. The Balaban J connectivity index is 0.00000280. The lowest BCUT2D eigenvalue weighted by Gasteiger charge is -2.08. The summed E-state index contributed by atoms with van der Waals surface area (Å²) in [6, 6.07) is 12.6. The van der Waals surface area contributed by atoms with Gasteiger partial charge < -0.3 is 16.4 Å². The zero-order valence-corrected chi connectivity index (χ0v) is 16.5. The van der Waals surface area contributed by atoms with E-state index in [0.717, 1.165) is 17.7 Å². The highest BCUT2D eigenvalue weighted by molar-refractivity contribution is 6.30. The Labute approximate surface area is 174 Å². The van der Waals surface area contributed by atoms with Crippen LogP contribution in [0.1, 0.15) is 16.9 Å². The molecule has 0 spiro atoms. The van der Waals surface area contributed by atoms with Crippen LogP contribution >= 0.6 is 24.0 Å². The van der Waals surface area contributed by atoms with Crippen molar-refractivity contribution in [3.63, 3.8) is 0 Å². The number of hydrogen-bond donors (Lipinski definition) is 3. The molecule has 9 heteroatoms. The normalized spacial score (nSPS) is 10.1. The van der Waals surface area contributed by atoms with Gasteiger partial charge in [-0.25, -0.2) is 9.97 Å². The number of nitrogens with zero attached hydrogens (tertiary/aromatic N) is 3. The molecule has 0 atom stereocenters. The van der Waals surface area contributed by atoms with E-state index in [0.29, 0.717) is 35.4 Å². The van der Waals surface area contributed by atoms with E-state index >= 15 is 0 Å². The molecule has 0 aliphatic heterocycles. The third kappa shape index (κ3) is 5.88. The quantitative estimate of drug-likeness (QED) is 0.507. The average molecular weight is 419 g/mol. The topological polar surface area (TPSA) is 106 Å². The maximum Gasteiger partial charge on any atom is 0.269 e. The average Bonchev–Trinajstić information content (AvgIpc) is 2.68. The highest BCUT2D eigenvalue weighted by atomic mass is 35.5. The molecule has 2 heterocycles. The highest BCUT2D eigenvalue weighted by Gasteiger charge is 2.10. The van der Waals surface area contributed by atoms with Gasteiger partial charge in [0.2, 0.25) is 5.95 Å². The second-order valence-electron chi connectivity index (χ2n) is 5.73. The fraction of sp³-hybridized carbons (Fsp3) is 0.158. The van der Waals surface area contributed by atoms with Crippen molar-refractivity contribution in [3.8, 4) is 11.3 Å². The van der Waals surface area contributed by atoms with Gasteiger partial charge >= 0.3 is 0 Å². The number of rotatable bonds is 7. The van der Waals surface area contributed by atoms with E-state index in [-0.39, 0.29) is 18.3 Å². The van der Waals surface area contributed by atoms with Crippen LogP contribution in [0.4, 0.5) is 11.6 Å². The summed E-state index contributed by atoms with van der Waals surface area (Å²) < 4.78 is 0. The first kappa shape index (κ1) is 21.6. The highest BCUT2D eigenvalue weighted by Crippen LogP contribution is 2.21. The number of hydrogen-bond acceptors (Lipinski definition) is 6. The molecule has 0 radical (unpaired) electrons. The molecule has 0 bridgehead atoms. The Morgan fingerprint density at radius 2 is 1.93 bits per heavy atom. The van der Waals surface area contributed by atoms with Crippen LogP contribution in [-0.4, -0.2) is 33.9 Å². The van der Waals surface area contributed by atoms with Gasteiger partial charge in [0, 0.05) is 35.2 Å². The first-order chi connectivity index (χ1) is 13.2.